The fraction of sp³-hybridized carbons (Fsp3) is 0.429. The van der Waals surface area contributed by atoms with Gasteiger partial charge in [-0.15, -0.1) is 10.2 Å². The maximum atomic E-state index is 6.26. The van der Waals surface area contributed by atoms with Crippen molar-refractivity contribution >= 4 is 5.95 Å². The minimum atomic E-state index is -0.137. The number of aromatic nitrogens is 3. The third kappa shape index (κ3) is 3.12. The van der Waals surface area contributed by atoms with E-state index in [-0.39, 0.29) is 6.04 Å². The van der Waals surface area contributed by atoms with E-state index in [9.17, 15) is 0 Å². The molecule has 0 amide bonds. The number of nitrogens with two attached hydrogens (primary N) is 1. The van der Waals surface area contributed by atoms with Gasteiger partial charge in [-0.2, -0.15) is 0 Å². The first-order valence-corrected chi connectivity index (χ1v) is 6.72. The van der Waals surface area contributed by atoms with Crippen LogP contribution in [0.25, 0.3) is 0 Å². The molecule has 1 atom stereocenters. The molecule has 0 radical (unpaired) electrons. The van der Waals surface area contributed by atoms with Gasteiger partial charge in [0.15, 0.2) is 5.82 Å². The van der Waals surface area contributed by atoms with E-state index in [4.69, 9.17) is 5.73 Å². The number of hydrogen-bond donors (Lipinski definition) is 2. The molecule has 19 heavy (non-hydrogen) atoms. The Morgan fingerprint density at radius 3 is 2.58 bits per heavy atom. The maximum Gasteiger partial charge on any atom is 0.224 e. The molecule has 1 heterocycles. The Morgan fingerprint density at radius 1 is 1.21 bits per heavy atom. The standard InChI is InChI=1S/C14H21N5/c1-3-16-14-18-17-13(19(14)4-2)12(15)10-11-8-6-5-7-9-11/h5-9,12H,3-4,10,15H2,1-2H3,(H,16,18)/t12-/m1/s1. The van der Waals surface area contributed by atoms with E-state index in [2.05, 4.69) is 34.6 Å². The second-order valence-electron chi connectivity index (χ2n) is 4.45. The predicted molar refractivity (Wildman–Crippen MR) is 76.9 cm³/mol. The molecule has 5 heteroatoms. The smallest absolute Gasteiger partial charge is 0.224 e. The lowest BCUT2D eigenvalue weighted by molar-refractivity contribution is 0.601. The van der Waals surface area contributed by atoms with Crippen LogP contribution in [0.2, 0.25) is 0 Å². The van der Waals surface area contributed by atoms with Gasteiger partial charge < -0.3 is 11.1 Å². The van der Waals surface area contributed by atoms with Crippen LogP contribution < -0.4 is 11.1 Å². The Bertz CT molecular complexity index is 506. The molecule has 5 nitrogen and oxygen atoms in total. The maximum absolute atomic E-state index is 6.26. The van der Waals surface area contributed by atoms with Crippen molar-refractivity contribution in [3.8, 4) is 0 Å². The molecule has 102 valence electrons. The zero-order chi connectivity index (χ0) is 13.7. The summed E-state index contributed by atoms with van der Waals surface area (Å²) in [6.45, 7) is 5.75. The largest absolute Gasteiger partial charge is 0.355 e. The SMILES string of the molecule is CCNc1nnc([C@H](N)Cc2ccccc2)n1CC. The Balaban J connectivity index is 2.17. The third-order valence-corrected chi connectivity index (χ3v) is 3.06. The van der Waals surface area contributed by atoms with E-state index < -0.39 is 0 Å². The molecule has 0 aliphatic carbocycles. The minimum Gasteiger partial charge on any atom is -0.355 e. The summed E-state index contributed by atoms with van der Waals surface area (Å²) in [6, 6.07) is 10.1. The molecule has 0 saturated heterocycles. The summed E-state index contributed by atoms with van der Waals surface area (Å²) >= 11 is 0. The third-order valence-electron chi connectivity index (χ3n) is 3.06. The molecular weight excluding hydrogens is 238 g/mol. The van der Waals surface area contributed by atoms with Gasteiger partial charge in [0, 0.05) is 13.1 Å². The summed E-state index contributed by atoms with van der Waals surface area (Å²) in [5, 5.41) is 11.6. The average Bonchev–Trinajstić information content (AvgIpc) is 2.83. The summed E-state index contributed by atoms with van der Waals surface area (Å²) in [6.07, 6.45) is 0.769. The fourth-order valence-corrected chi connectivity index (χ4v) is 2.15. The van der Waals surface area contributed by atoms with Crippen molar-refractivity contribution in [1.29, 1.82) is 0 Å². The molecule has 1 aromatic carbocycles. The molecule has 0 aliphatic rings. The molecule has 0 fully saturated rings. The van der Waals surface area contributed by atoms with E-state index in [0.717, 1.165) is 31.3 Å². The lowest BCUT2D eigenvalue weighted by Crippen LogP contribution is -2.19. The van der Waals surface area contributed by atoms with Crippen molar-refractivity contribution in [2.45, 2.75) is 32.9 Å². The van der Waals surface area contributed by atoms with E-state index in [1.807, 2.05) is 29.7 Å². The molecule has 0 aliphatic heterocycles. The predicted octanol–water partition coefficient (Wildman–Crippen LogP) is 1.97. The highest BCUT2D eigenvalue weighted by Crippen LogP contribution is 2.17. The molecule has 0 spiro atoms. The average molecular weight is 259 g/mol. The number of nitrogens with one attached hydrogen (secondary N) is 1. The zero-order valence-electron chi connectivity index (χ0n) is 11.5. The van der Waals surface area contributed by atoms with Gasteiger partial charge >= 0.3 is 0 Å². The summed E-state index contributed by atoms with van der Waals surface area (Å²) in [7, 11) is 0. The molecule has 1 aromatic heterocycles. The van der Waals surface area contributed by atoms with Crippen molar-refractivity contribution in [1.82, 2.24) is 14.8 Å². The van der Waals surface area contributed by atoms with Crippen molar-refractivity contribution in [2.75, 3.05) is 11.9 Å². The van der Waals surface area contributed by atoms with Crippen LogP contribution >= 0.6 is 0 Å². The Labute approximate surface area is 113 Å². The molecule has 2 aromatic rings. The van der Waals surface area contributed by atoms with Gasteiger partial charge in [-0.1, -0.05) is 30.3 Å². The number of hydrogen-bond acceptors (Lipinski definition) is 4. The Morgan fingerprint density at radius 2 is 1.95 bits per heavy atom. The number of nitrogens with zero attached hydrogens (tertiary/aromatic N) is 3. The van der Waals surface area contributed by atoms with Crippen LogP contribution in [-0.2, 0) is 13.0 Å². The van der Waals surface area contributed by atoms with Gasteiger partial charge in [-0.05, 0) is 25.8 Å². The first-order chi connectivity index (χ1) is 9.26. The molecule has 2 rings (SSSR count). The van der Waals surface area contributed by atoms with Crippen molar-refractivity contribution in [3.05, 3.63) is 41.7 Å². The van der Waals surface area contributed by atoms with E-state index in [1.165, 1.54) is 5.56 Å². The van der Waals surface area contributed by atoms with Crippen LogP contribution in [0.1, 0.15) is 31.3 Å². The van der Waals surface area contributed by atoms with Crippen LogP contribution in [0.5, 0.6) is 0 Å². The molecular formula is C14H21N5. The fourth-order valence-electron chi connectivity index (χ4n) is 2.15. The lowest BCUT2D eigenvalue weighted by Gasteiger charge is -2.13. The summed E-state index contributed by atoms with van der Waals surface area (Å²) in [5.74, 6) is 1.63. The van der Waals surface area contributed by atoms with Crippen molar-refractivity contribution in [2.24, 2.45) is 5.73 Å². The van der Waals surface area contributed by atoms with Gasteiger partial charge in [0.2, 0.25) is 5.95 Å². The topological polar surface area (TPSA) is 68.8 Å². The zero-order valence-corrected chi connectivity index (χ0v) is 11.5. The summed E-state index contributed by atoms with van der Waals surface area (Å²) in [5.41, 5.74) is 7.48. The second-order valence-corrected chi connectivity index (χ2v) is 4.45. The van der Waals surface area contributed by atoms with E-state index in [1.54, 1.807) is 0 Å². The number of anilines is 1. The van der Waals surface area contributed by atoms with Gasteiger partial charge in [-0.25, -0.2) is 0 Å². The monoisotopic (exact) mass is 259 g/mol. The van der Waals surface area contributed by atoms with Gasteiger partial charge in [0.25, 0.3) is 0 Å². The lowest BCUT2D eigenvalue weighted by atomic mass is 10.1. The van der Waals surface area contributed by atoms with E-state index >= 15 is 0 Å². The highest BCUT2D eigenvalue weighted by Gasteiger charge is 2.17. The Hall–Kier alpha value is -1.88. The van der Waals surface area contributed by atoms with Crippen LogP contribution in [0, 0.1) is 0 Å². The summed E-state index contributed by atoms with van der Waals surface area (Å²) < 4.78 is 2.04. The molecule has 0 saturated carbocycles. The summed E-state index contributed by atoms with van der Waals surface area (Å²) in [4.78, 5) is 0. The van der Waals surface area contributed by atoms with Crippen LogP contribution in [0.4, 0.5) is 5.95 Å². The van der Waals surface area contributed by atoms with Gasteiger partial charge in [0.1, 0.15) is 0 Å². The highest BCUT2D eigenvalue weighted by atomic mass is 15.4. The van der Waals surface area contributed by atoms with Gasteiger partial charge in [0.05, 0.1) is 6.04 Å². The second kappa shape index (κ2) is 6.33. The van der Waals surface area contributed by atoms with Crippen LogP contribution in [-0.4, -0.2) is 21.3 Å². The first kappa shape index (κ1) is 13.5. The minimum absolute atomic E-state index is 0.137. The van der Waals surface area contributed by atoms with Gasteiger partial charge in [-0.3, -0.25) is 4.57 Å². The number of benzene rings is 1. The van der Waals surface area contributed by atoms with E-state index in [0.29, 0.717) is 0 Å². The first-order valence-electron chi connectivity index (χ1n) is 6.72. The normalized spacial score (nSPS) is 12.4. The van der Waals surface area contributed by atoms with Crippen molar-refractivity contribution < 1.29 is 0 Å². The van der Waals surface area contributed by atoms with Crippen molar-refractivity contribution in [3.63, 3.8) is 0 Å². The molecule has 0 unspecified atom stereocenters. The number of rotatable bonds is 6. The molecule has 3 N–H and O–H groups in total. The highest BCUT2D eigenvalue weighted by molar-refractivity contribution is 5.27. The van der Waals surface area contributed by atoms with Crippen LogP contribution in [0.15, 0.2) is 30.3 Å². The van der Waals surface area contributed by atoms with Crippen LogP contribution in [0.3, 0.4) is 0 Å². The Kier molecular flexibility index (Phi) is 4.52. The molecule has 0 bridgehead atoms. The quantitative estimate of drug-likeness (QED) is 0.832.